The van der Waals surface area contributed by atoms with E-state index in [1.807, 2.05) is 13.8 Å². The molecular weight excluding hydrogens is 301 g/mol. The van der Waals surface area contributed by atoms with E-state index in [4.69, 9.17) is 4.74 Å². The average molecular weight is 316 g/mol. The molecule has 2 rings (SSSR count). The van der Waals surface area contributed by atoms with Crippen molar-refractivity contribution in [3.63, 3.8) is 0 Å². The van der Waals surface area contributed by atoms with Gasteiger partial charge in [0, 0.05) is 17.6 Å². The second-order valence-electron chi connectivity index (χ2n) is 4.59. The van der Waals surface area contributed by atoms with Crippen molar-refractivity contribution in [2.24, 2.45) is 0 Å². The number of benzene rings is 1. The maximum absolute atomic E-state index is 13.2. The van der Waals surface area contributed by atoms with E-state index in [9.17, 15) is 9.18 Å². The molecule has 98 valence electrons. The Bertz CT molecular complexity index is 456. The van der Waals surface area contributed by atoms with E-state index in [2.05, 4.69) is 15.9 Å². The van der Waals surface area contributed by atoms with Crippen LogP contribution in [0.15, 0.2) is 22.7 Å². The third kappa shape index (κ3) is 2.90. The summed E-state index contributed by atoms with van der Waals surface area (Å²) in [6.45, 7) is 4.92. The number of hydrogen-bond acceptors (Lipinski definition) is 2. The summed E-state index contributed by atoms with van der Waals surface area (Å²) in [6.07, 6.45) is 0.00932. The first-order valence-corrected chi connectivity index (χ1v) is 6.66. The monoisotopic (exact) mass is 315 g/mol. The maximum Gasteiger partial charge on any atom is 0.255 e. The van der Waals surface area contributed by atoms with Crippen molar-refractivity contribution < 1.29 is 13.9 Å². The summed E-state index contributed by atoms with van der Waals surface area (Å²) in [4.78, 5) is 14.0. The molecule has 0 N–H and O–H groups in total. The minimum atomic E-state index is -0.407. The molecule has 0 aliphatic carbocycles. The van der Waals surface area contributed by atoms with Crippen LogP contribution >= 0.6 is 15.9 Å². The first-order valence-electron chi connectivity index (χ1n) is 5.87. The number of ether oxygens (including phenoxy) is 1. The van der Waals surface area contributed by atoms with Gasteiger partial charge in [-0.25, -0.2) is 4.39 Å². The van der Waals surface area contributed by atoms with Crippen LogP contribution in [0.25, 0.3) is 0 Å². The summed E-state index contributed by atoms with van der Waals surface area (Å²) in [5, 5.41) is 0. The second kappa shape index (κ2) is 5.36. The number of amides is 1. The minimum Gasteiger partial charge on any atom is -0.372 e. The van der Waals surface area contributed by atoms with Gasteiger partial charge in [0.15, 0.2) is 0 Å². The number of carbonyl (C=O) groups is 1. The summed E-state index contributed by atoms with van der Waals surface area (Å²) >= 11 is 3.28. The van der Waals surface area contributed by atoms with E-state index in [-0.39, 0.29) is 18.1 Å². The molecule has 1 aromatic rings. The third-order valence-electron chi connectivity index (χ3n) is 2.87. The summed E-state index contributed by atoms with van der Waals surface area (Å²) in [7, 11) is 0. The van der Waals surface area contributed by atoms with Gasteiger partial charge < -0.3 is 9.64 Å². The van der Waals surface area contributed by atoms with Crippen LogP contribution in [0, 0.1) is 5.82 Å². The van der Waals surface area contributed by atoms with Gasteiger partial charge in [-0.05, 0) is 48.0 Å². The lowest BCUT2D eigenvalue weighted by atomic mass is 10.1. The molecule has 0 bridgehead atoms. The Kier molecular flexibility index (Phi) is 4.02. The van der Waals surface area contributed by atoms with E-state index in [0.29, 0.717) is 23.1 Å². The van der Waals surface area contributed by atoms with E-state index in [0.717, 1.165) is 0 Å². The predicted molar refractivity (Wildman–Crippen MR) is 70.0 cm³/mol. The summed E-state index contributed by atoms with van der Waals surface area (Å²) < 4.78 is 19.4. The normalized spacial score (nSPS) is 24.1. The molecular formula is C13H15BrFNO2. The Morgan fingerprint density at radius 1 is 1.39 bits per heavy atom. The first-order chi connectivity index (χ1) is 8.47. The lowest BCUT2D eigenvalue weighted by Gasteiger charge is -2.35. The Morgan fingerprint density at radius 3 is 2.61 bits per heavy atom. The van der Waals surface area contributed by atoms with Crippen LogP contribution in [-0.2, 0) is 4.74 Å². The molecule has 0 aromatic heterocycles. The van der Waals surface area contributed by atoms with Gasteiger partial charge in [-0.3, -0.25) is 4.79 Å². The lowest BCUT2D eigenvalue weighted by molar-refractivity contribution is -0.0586. The van der Waals surface area contributed by atoms with Gasteiger partial charge in [-0.15, -0.1) is 0 Å². The highest BCUT2D eigenvalue weighted by atomic mass is 79.9. The molecule has 1 amide bonds. The number of rotatable bonds is 1. The molecule has 1 fully saturated rings. The van der Waals surface area contributed by atoms with E-state index in [1.54, 1.807) is 11.0 Å². The topological polar surface area (TPSA) is 29.5 Å². The molecule has 0 radical (unpaired) electrons. The fraction of sp³-hybridized carbons (Fsp3) is 0.462. The summed E-state index contributed by atoms with van der Waals surface area (Å²) in [5.41, 5.74) is 0.358. The second-order valence-corrected chi connectivity index (χ2v) is 5.45. The number of halogens is 2. The van der Waals surface area contributed by atoms with Gasteiger partial charge in [0.2, 0.25) is 0 Å². The molecule has 1 aromatic carbocycles. The predicted octanol–water partition coefficient (Wildman–Crippen LogP) is 2.84. The molecule has 1 heterocycles. The molecule has 1 aliphatic heterocycles. The average Bonchev–Trinajstić information content (AvgIpc) is 2.30. The summed E-state index contributed by atoms with van der Waals surface area (Å²) in [6, 6.07) is 4.14. The van der Waals surface area contributed by atoms with Crippen molar-refractivity contribution in [1.82, 2.24) is 4.90 Å². The first kappa shape index (κ1) is 13.5. The molecule has 0 spiro atoms. The van der Waals surface area contributed by atoms with E-state index < -0.39 is 5.82 Å². The highest BCUT2D eigenvalue weighted by molar-refractivity contribution is 9.10. The van der Waals surface area contributed by atoms with Gasteiger partial charge in [-0.1, -0.05) is 0 Å². The van der Waals surface area contributed by atoms with Crippen molar-refractivity contribution in [2.45, 2.75) is 26.1 Å². The third-order valence-corrected chi connectivity index (χ3v) is 3.56. The van der Waals surface area contributed by atoms with Crippen molar-refractivity contribution in [1.29, 1.82) is 0 Å². The van der Waals surface area contributed by atoms with Gasteiger partial charge in [0.05, 0.1) is 17.8 Å². The highest BCUT2D eigenvalue weighted by Gasteiger charge is 2.27. The van der Waals surface area contributed by atoms with Gasteiger partial charge >= 0.3 is 0 Å². The van der Waals surface area contributed by atoms with Crippen molar-refractivity contribution in [3.8, 4) is 0 Å². The quantitative estimate of drug-likeness (QED) is 0.797. The Morgan fingerprint density at radius 2 is 2.00 bits per heavy atom. The van der Waals surface area contributed by atoms with Crippen LogP contribution in [0.1, 0.15) is 24.2 Å². The Labute approximate surface area is 114 Å². The van der Waals surface area contributed by atoms with Gasteiger partial charge in [0.25, 0.3) is 5.91 Å². The highest BCUT2D eigenvalue weighted by Crippen LogP contribution is 2.21. The van der Waals surface area contributed by atoms with Crippen LogP contribution in [0.4, 0.5) is 4.39 Å². The van der Waals surface area contributed by atoms with Crippen LogP contribution in [0.3, 0.4) is 0 Å². The van der Waals surface area contributed by atoms with Gasteiger partial charge in [0.1, 0.15) is 5.82 Å². The van der Waals surface area contributed by atoms with Crippen molar-refractivity contribution in [3.05, 3.63) is 34.1 Å². The SMILES string of the molecule is CC1CN(C(=O)c2cc(F)ccc2Br)CC(C)O1. The van der Waals surface area contributed by atoms with Crippen LogP contribution in [0.2, 0.25) is 0 Å². The molecule has 18 heavy (non-hydrogen) atoms. The minimum absolute atomic E-state index is 0.00466. The molecule has 2 unspecified atom stereocenters. The number of carbonyl (C=O) groups excluding carboxylic acids is 1. The molecule has 1 saturated heterocycles. The lowest BCUT2D eigenvalue weighted by Crippen LogP contribution is -2.48. The fourth-order valence-electron chi connectivity index (χ4n) is 2.18. The van der Waals surface area contributed by atoms with Crippen LogP contribution in [0.5, 0.6) is 0 Å². The number of nitrogens with zero attached hydrogens (tertiary/aromatic N) is 1. The van der Waals surface area contributed by atoms with E-state index in [1.165, 1.54) is 12.1 Å². The van der Waals surface area contributed by atoms with E-state index >= 15 is 0 Å². The molecule has 2 atom stereocenters. The number of hydrogen-bond donors (Lipinski definition) is 0. The standard InChI is InChI=1S/C13H15BrFNO2/c1-8-6-16(7-9(2)18-8)13(17)11-5-10(15)3-4-12(11)14/h3-5,8-9H,6-7H2,1-2H3. The molecule has 3 nitrogen and oxygen atoms in total. The summed E-state index contributed by atoms with van der Waals surface area (Å²) in [5.74, 6) is -0.570. The molecule has 0 saturated carbocycles. The molecule has 1 aliphatic rings. The van der Waals surface area contributed by atoms with Crippen LogP contribution < -0.4 is 0 Å². The zero-order chi connectivity index (χ0) is 13.3. The van der Waals surface area contributed by atoms with Crippen molar-refractivity contribution >= 4 is 21.8 Å². The molecule has 5 heteroatoms. The Balaban J connectivity index is 2.22. The largest absolute Gasteiger partial charge is 0.372 e. The Hall–Kier alpha value is -0.940. The van der Waals surface area contributed by atoms with Crippen LogP contribution in [-0.4, -0.2) is 36.1 Å². The van der Waals surface area contributed by atoms with Gasteiger partial charge in [-0.2, -0.15) is 0 Å². The number of morpholine rings is 1. The maximum atomic E-state index is 13.2. The van der Waals surface area contributed by atoms with Crippen molar-refractivity contribution in [2.75, 3.05) is 13.1 Å². The fourth-order valence-corrected chi connectivity index (χ4v) is 2.59. The zero-order valence-corrected chi connectivity index (χ0v) is 11.9. The zero-order valence-electron chi connectivity index (χ0n) is 10.3. The smallest absolute Gasteiger partial charge is 0.255 e.